The molecular weight excluding hydrogens is 356 g/mol. The third-order valence-corrected chi connectivity index (χ3v) is 3.40. The quantitative estimate of drug-likeness (QED) is 0.769. The summed E-state index contributed by atoms with van der Waals surface area (Å²) < 4.78 is 54.9. The fraction of sp³-hybridized carbons (Fsp3) is 0.176. The maximum absolute atomic E-state index is 13.4. The molecule has 2 aromatic carbocycles. The fourth-order valence-electron chi connectivity index (χ4n) is 2.14. The molecule has 1 atom stereocenters. The molecule has 1 unspecified atom stereocenters. The van der Waals surface area contributed by atoms with Crippen molar-refractivity contribution < 1.29 is 31.9 Å². The Kier molecular flexibility index (Phi) is 6.16. The van der Waals surface area contributed by atoms with Crippen molar-refractivity contribution in [2.24, 2.45) is 0 Å². The third kappa shape index (κ3) is 4.71. The van der Waals surface area contributed by atoms with E-state index < -0.39 is 36.1 Å². The number of benzene rings is 2. The first-order chi connectivity index (χ1) is 12.3. The van der Waals surface area contributed by atoms with Gasteiger partial charge in [0.05, 0.1) is 0 Å². The fourth-order valence-corrected chi connectivity index (χ4v) is 2.14. The highest BCUT2D eigenvalue weighted by Gasteiger charge is 2.23. The van der Waals surface area contributed by atoms with Gasteiger partial charge in [-0.2, -0.15) is 8.78 Å². The lowest BCUT2D eigenvalue weighted by Crippen LogP contribution is -2.39. The predicted molar refractivity (Wildman–Crippen MR) is 83.7 cm³/mol. The summed E-state index contributed by atoms with van der Waals surface area (Å²) in [4.78, 5) is 24.3. The van der Waals surface area contributed by atoms with Crippen molar-refractivity contribution >= 4 is 11.8 Å². The second-order valence-electron chi connectivity index (χ2n) is 5.10. The van der Waals surface area contributed by atoms with Crippen LogP contribution in [-0.4, -0.2) is 25.5 Å². The van der Waals surface area contributed by atoms with Crippen molar-refractivity contribution in [1.82, 2.24) is 10.6 Å². The average Bonchev–Trinajstić information content (AvgIpc) is 2.61. The second-order valence-corrected chi connectivity index (χ2v) is 5.10. The Bertz CT molecular complexity index is 797. The molecule has 0 saturated heterocycles. The van der Waals surface area contributed by atoms with Crippen LogP contribution in [0.3, 0.4) is 0 Å². The molecule has 0 aromatic heterocycles. The summed E-state index contributed by atoms with van der Waals surface area (Å²) in [6.07, 6.45) is 0. The lowest BCUT2D eigenvalue weighted by Gasteiger charge is -2.18. The van der Waals surface area contributed by atoms with Crippen LogP contribution >= 0.6 is 0 Å². The van der Waals surface area contributed by atoms with Crippen LogP contribution in [0.15, 0.2) is 42.5 Å². The van der Waals surface area contributed by atoms with Crippen LogP contribution < -0.4 is 15.4 Å². The molecule has 2 rings (SSSR count). The molecule has 0 aliphatic rings. The van der Waals surface area contributed by atoms with E-state index in [0.29, 0.717) is 0 Å². The number of carbonyl (C=O) groups is 2. The Hall–Kier alpha value is -3.10. The first-order valence-corrected chi connectivity index (χ1v) is 7.34. The van der Waals surface area contributed by atoms with Crippen LogP contribution in [-0.2, 0) is 4.79 Å². The number of hydrogen-bond acceptors (Lipinski definition) is 3. The topological polar surface area (TPSA) is 67.4 Å². The van der Waals surface area contributed by atoms with Crippen LogP contribution in [0.5, 0.6) is 5.75 Å². The number of nitrogens with one attached hydrogen (secondary N) is 2. The molecule has 0 fully saturated rings. The van der Waals surface area contributed by atoms with Gasteiger partial charge < -0.3 is 15.4 Å². The largest absolute Gasteiger partial charge is 0.435 e. The molecule has 0 saturated carbocycles. The Morgan fingerprint density at radius 1 is 1.00 bits per heavy atom. The van der Waals surface area contributed by atoms with Gasteiger partial charge in [-0.25, -0.2) is 8.78 Å². The SMILES string of the molecule is CNC(=O)C(NC(=O)c1ccc(OC(F)F)cc1)c1ccc(F)c(F)c1. The molecule has 0 aliphatic carbocycles. The minimum absolute atomic E-state index is 0.0363. The van der Waals surface area contributed by atoms with Crippen LogP contribution in [0.25, 0.3) is 0 Å². The molecule has 2 aromatic rings. The zero-order valence-electron chi connectivity index (χ0n) is 13.4. The zero-order chi connectivity index (χ0) is 19.3. The average molecular weight is 370 g/mol. The molecule has 0 heterocycles. The van der Waals surface area contributed by atoms with Crippen molar-refractivity contribution in [3.05, 3.63) is 65.2 Å². The Balaban J connectivity index is 2.21. The molecule has 0 spiro atoms. The number of carbonyl (C=O) groups excluding carboxylic acids is 2. The number of hydrogen-bond donors (Lipinski definition) is 2. The molecule has 0 aliphatic heterocycles. The van der Waals surface area contributed by atoms with Crippen LogP contribution in [0.1, 0.15) is 22.0 Å². The minimum atomic E-state index is -3.00. The van der Waals surface area contributed by atoms with Gasteiger partial charge >= 0.3 is 6.61 Å². The van der Waals surface area contributed by atoms with Gasteiger partial charge in [0.1, 0.15) is 11.8 Å². The summed E-state index contributed by atoms with van der Waals surface area (Å²) in [5.74, 6) is -3.77. The predicted octanol–water partition coefficient (Wildman–Crippen LogP) is 2.78. The smallest absolute Gasteiger partial charge is 0.387 e. The molecular formula is C17H14F4N2O3. The molecule has 9 heteroatoms. The van der Waals surface area contributed by atoms with Crippen molar-refractivity contribution in [1.29, 1.82) is 0 Å². The molecule has 2 amide bonds. The van der Waals surface area contributed by atoms with E-state index in [1.54, 1.807) is 0 Å². The minimum Gasteiger partial charge on any atom is -0.435 e. The maximum atomic E-state index is 13.4. The summed E-state index contributed by atoms with van der Waals surface area (Å²) in [6.45, 7) is -3.00. The Morgan fingerprint density at radius 2 is 1.65 bits per heavy atom. The summed E-state index contributed by atoms with van der Waals surface area (Å²) >= 11 is 0. The van der Waals surface area contributed by atoms with Crippen LogP contribution in [0.4, 0.5) is 17.6 Å². The van der Waals surface area contributed by atoms with Gasteiger partial charge in [-0.1, -0.05) is 6.07 Å². The number of ether oxygens (including phenoxy) is 1. The van der Waals surface area contributed by atoms with E-state index in [1.165, 1.54) is 19.2 Å². The summed E-state index contributed by atoms with van der Waals surface area (Å²) in [6, 6.07) is 6.29. The van der Waals surface area contributed by atoms with E-state index in [1.807, 2.05) is 0 Å². The van der Waals surface area contributed by atoms with Crippen molar-refractivity contribution in [3.8, 4) is 5.75 Å². The van der Waals surface area contributed by atoms with E-state index in [9.17, 15) is 27.2 Å². The lowest BCUT2D eigenvalue weighted by molar-refractivity contribution is -0.122. The first kappa shape index (κ1) is 19.2. The van der Waals surface area contributed by atoms with E-state index in [4.69, 9.17) is 0 Å². The molecule has 26 heavy (non-hydrogen) atoms. The van der Waals surface area contributed by atoms with Gasteiger partial charge in [0.25, 0.3) is 5.91 Å². The highest BCUT2D eigenvalue weighted by molar-refractivity contribution is 5.97. The number of halogens is 4. The first-order valence-electron chi connectivity index (χ1n) is 7.34. The normalized spacial score (nSPS) is 11.8. The van der Waals surface area contributed by atoms with Gasteiger partial charge in [-0.3, -0.25) is 9.59 Å². The van der Waals surface area contributed by atoms with E-state index in [-0.39, 0.29) is 16.9 Å². The van der Waals surface area contributed by atoms with Crippen molar-refractivity contribution in [3.63, 3.8) is 0 Å². The molecule has 2 N–H and O–H groups in total. The highest BCUT2D eigenvalue weighted by Crippen LogP contribution is 2.19. The summed E-state index contributed by atoms with van der Waals surface area (Å²) in [5.41, 5.74) is 0.0948. The molecule has 138 valence electrons. The number of amides is 2. The second kappa shape index (κ2) is 8.32. The molecule has 5 nitrogen and oxygen atoms in total. The van der Waals surface area contributed by atoms with Gasteiger partial charge in [0.15, 0.2) is 11.6 Å². The van der Waals surface area contributed by atoms with Crippen LogP contribution in [0.2, 0.25) is 0 Å². The monoisotopic (exact) mass is 370 g/mol. The Labute approximate surface area is 146 Å². The van der Waals surface area contributed by atoms with Crippen LogP contribution in [0, 0.1) is 11.6 Å². The molecule has 0 radical (unpaired) electrons. The number of likely N-dealkylation sites (N-methyl/N-ethyl adjacent to an activating group) is 1. The molecule has 0 bridgehead atoms. The van der Waals surface area contributed by atoms with Gasteiger partial charge in [-0.05, 0) is 42.0 Å². The van der Waals surface area contributed by atoms with Crippen molar-refractivity contribution in [2.75, 3.05) is 7.05 Å². The van der Waals surface area contributed by atoms with E-state index in [2.05, 4.69) is 15.4 Å². The highest BCUT2D eigenvalue weighted by atomic mass is 19.3. The van der Waals surface area contributed by atoms with Gasteiger partial charge in [0.2, 0.25) is 5.91 Å². The number of rotatable bonds is 6. The van der Waals surface area contributed by atoms with Gasteiger partial charge in [-0.15, -0.1) is 0 Å². The summed E-state index contributed by atoms with van der Waals surface area (Å²) in [7, 11) is 1.32. The third-order valence-electron chi connectivity index (χ3n) is 3.40. The van der Waals surface area contributed by atoms with E-state index in [0.717, 1.165) is 30.3 Å². The zero-order valence-corrected chi connectivity index (χ0v) is 13.4. The van der Waals surface area contributed by atoms with Gasteiger partial charge in [0, 0.05) is 12.6 Å². The number of alkyl halides is 2. The summed E-state index contributed by atoms with van der Waals surface area (Å²) in [5, 5.41) is 4.69. The Morgan fingerprint density at radius 3 is 2.19 bits per heavy atom. The maximum Gasteiger partial charge on any atom is 0.387 e. The van der Waals surface area contributed by atoms with Crippen molar-refractivity contribution in [2.45, 2.75) is 12.7 Å². The lowest BCUT2D eigenvalue weighted by atomic mass is 10.0. The standard InChI is InChI=1S/C17H14F4N2O3/c1-22-16(25)14(10-4-7-12(18)13(19)8-10)23-15(24)9-2-5-11(6-3-9)26-17(20)21/h2-8,14,17H,1H3,(H,22,25)(H,23,24). The van der Waals surface area contributed by atoms with E-state index >= 15 is 0 Å².